The van der Waals surface area contributed by atoms with Crippen LogP contribution in [0.4, 0.5) is 4.79 Å². The molecule has 1 amide bonds. The summed E-state index contributed by atoms with van der Waals surface area (Å²) < 4.78 is 10.8. The SMILES string of the molecule is CC(C)COc1cccc(CNC(=O)OC(C)(C)C)c1. The lowest BCUT2D eigenvalue weighted by Crippen LogP contribution is -2.32. The van der Waals surface area contributed by atoms with Crippen LogP contribution in [-0.2, 0) is 11.3 Å². The van der Waals surface area contributed by atoms with Crippen LogP contribution in [0.25, 0.3) is 0 Å². The van der Waals surface area contributed by atoms with Crippen molar-refractivity contribution >= 4 is 6.09 Å². The van der Waals surface area contributed by atoms with E-state index in [2.05, 4.69) is 19.2 Å². The second-order valence-corrected chi connectivity index (χ2v) is 6.21. The summed E-state index contributed by atoms with van der Waals surface area (Å²) in [4.78, 5) is 11.6. The largest absolute Gasteiger partial charge is 0.493 e. The van der Waals surface area contributed by atoms with Crippen LogP contribution in [0.5, 0.6) is 5.75 Å². The minimum Gasteiger partial charge on any atom is -0.493 e. The molecule has 0 fully saturated rings. The molecule has 4 nitrogen and oxygen atoms in total. The highest BCUT2D eigenvalue weighted by Gasteiger charge is 2.15. The molecule has 112 valence electrons. The van der Waals surface area contributed by atoms with Crippen molar-refractivity contribution < 1.29 is 14.3 Å². The number of hydrogen-bond donors (Lipinski definition) is 1. The minimum atomic E-state index is -0.480. The Bertz CT molecular complexity index is 436. The van der Waals surface area contributed by atoms with Gasteiger partial charge in [0.15, 0.2) is 0 Å². The summed E-state index contributed by atoms with van der Waals surface area (Å²) in [6, 6.07) is 7.71. The van der Waals surface area contributed by atoms with E-state index in [1.165, 1.54) is 0 Å². The average molecular weight is 279 g/mol. The maximum Gasteiger partial charge on any atom is 0.407 e. The molecule has 4 heteroatoms. The van der Waals surface area contributed by atoms with Crippen molar-refractivity contribution in [3.63, 3.8) is 0 Å². The molecule has 0 aromatic heterocycles. The standard InChI is InChI=1S/C16H25NO3/c1-12(2)11-19-14-8-6-7-13(9-14)10-17-15(18)20-16(3,4)5/h6-9,12H,10-11H2,1-5H3,(H,17,18). The average Bonchev–Trinajstić information content (AvgIpc) is 2.32. The summed E-state index contributed by atoms with van der Waals surface area (Å²) in [5.74, 6) is 1.31. The van der Waals surface area contributed by atoms with Gasteiger partial charge in [0.05, 0.1) is 6.61 Å². The quantitative estimate of drug-likeness (QED) is 0.893. The van der Waals surface area contributed by atoms with Crippen molar-refractivity contribution in [3.05, 3.63) is 29.8 Å². The third kappa shape index (κ3) is 7.02. The first-order valence-electron chi connectivity index (χ1n) is 6.95. The van der Waals surface area contributed by atoms with Gasteiger partial charge in [0, 0.05) is 6.54 Å². The maximum atomic E-state index is 11.6. The molecule has 0 spiro atoms. The van der Waals surface area contributed by atoms with Crippen molar-refractivity contribution in [2.45, 2.75) is 46.8 Å². The summed E-state index contributed by atoms with van der Waals surface area (Å²) in [6.45, 7) is 10.8. The van der Waals surface area contributed by atoms with Crippen molar-refractivity contribution in [2.75, 3.05) is 6.61 Å². The van der Waals surface area contributed by atoms with E-state index in [1.807, 2.05) is 45.0 Å². The van der Waals surface area contributed by atoms with Crippen LogP contribution in [0.3, 0.4) is 0 Å². The molecule has 0 radical (unpaired) electrons. The predicted octanol–water partition coefficient (Wildman–Crippen LogP) is 3.75. The zero-order chi connectivity index (χ0) is 15.2. The van der Waals surface area contributed by atoms with Crippen LogP contribution in [0.1, 0.15) is 40.2 Å². The van der Waals surface area contributed by atoms with E-state index in [-0.39, 0.29) is 0 Å². The minimum absolute atomic E-state index is 0.411. The first-order valence-corrected chi connectivity index (χ1v) is 6.95. The summed E-state index contributed by atoms with van der Waals surface area (Å²) in [5, 5.41) is 2.73. The molecule has 0 bridgehead atoms. The van der Waals surface area contributed by atoms with Crippen LogP contribution in [-0.4, -0.2) is 18.3 Å². The molecule has 1 aromatic carbocycles. The number of alkyl carbamates (subject to hydrolysis) is 1. The Morgan fingerprint density at radius 2 is 2.00 bits per heavy atom. The van der Waals surface area contributed by atoms with Crippen molar-refractivity contribution in [2.24, 2.45) is 5.92 Å². The van der Waals surface area contributed by atoms with Crippen LogP contribution >= 0.6 is 0 Å². The van der Waals surface area contributed by atoms with Crippen molar-refractivity contribution in [1.29, 1.82) is 0 Å². The van der Waals surface area contributed by atoms with Gasteiger partial charge in [-0.05, 0) is 44.4 Å². The van der Waals surface area contributed by atoms with E-state index in [0.29, 0.717) is 19.1 Å². The lowest BCUT2D eigenvalue weighted by molar-refractivity contribution is 0.0523. The summed E-state index contributed by atoms with van der Waals surface area (Å²) in [7, 11) is 0. The third-order valence-electron chi connectivity index (χ3n) is 2.32. The number of nitrogens with one attached hydrogen (secondary N) is 1. The summed E-state index contributed by atoms with van der Waals surface area (Å²) in [5.41, 5.74) is 0.504. The number of benzene rings is 1. The van der Waals surface area contributed by atoms with E-state index < -0.39 is 11.7 Å². The smallest absolute Gasteiger partial charge is 0.407 e. The van der Waals surface area contributed by atoms with Gasteiger partial charge in [0.1, 0.15) is 11.4 Å². The monoisotopic (exact) mass is 279 g/mol. The topological polar surface area (TPSA) is 47.6 Å². The van der Waals surface area contributed by atoms with Crippen LogP contribution in [0, 0.1) is 5.92 Å². The van der Waals surface area contributed by atoms with Gasteiger partial charge < -0.3 is 14.8 Å². The second-order valence-electron chi connectivity index (χ2n) is 6.21. The lowest BCUT2D eigenvalue weighted by Gasteiger charge is -2.19. The highest BCUT2D eigenvalue weighted by atomic mass is 16.6. The molecule has 0 saturated carbocycles. The van der Waals surface area contributed by atoms with Crippen molar-refractivity contribution in [1.82, 2.24) is 5.32 Å². The fourth-order valence-corrected chi connectivity index (χ4v) is 1.50. The van der Waals surface area contributed by atoms with Crippen LogP contribution in [0.15, 0.2) is 24.3 Å². The van der Waals surface area contributed by atoms with Gasteiger partial charge in [0.25, 0.3) is 0 Å². The van der Waals surface area contributed by atoms with E-state index in [4.69, 9.17) is 9.47 Å². The Balaban J connectivity index is 2.48. The van der Waals surface area contributed by atoms with Gasteiger partial charge in [-0.3, -0.25) is 0 Å². The number of carbonyl (C=O) groups excluding carboxylic acids is 1. The normalized spacial score (nSPS) is 11.3. The zero-order valence-corrected chi connectivity index (χ0v) is 13.0. The van der Waals surface area contributed by atoms with E-state index in [1.54, 1.807) is 0 Å². The molecular weight excluding hydrogens is 254 g/mol. The Hall–Kier alpha value is -1.71. The second kappa shape index (κ2) is 7.17. The first-order chi connectivity index (χ1) is 9.26. The first kappa shape index (κ1) is 16.3. The molecular formula is C16H25NO3. The molecule has 0 unspecified atom stereocenters. The van der Waals surface area contributed by atoms with E-state index in [9.17, 15) is 4.79 Å². The van der Waals surface area contributed by atoms with Gasteiger partial charge in [-0.15, -0.1) is 0 Å². The summed E-state index contributed by atoms with van der Waals surface area (Å²) in [6.07, 6.45) is -0.411. The number of hydrogen-bond acceptors (Lipinski definition) is 3. The molecule has 0 heterocycles. The summed E-state index contributed by atoms with van der Waals surface area (Å²) >= 11 is 0. The number of rotatable bonds is 5. The molecule has 0 aliphatic heterocycles. The van der Waals surface area contributed by atoms with Gasteiger partial charge in [0.2, 0.25) is 0 Å². The van der Waals surface area contributed by atoms with E-state index in [0.717, 1.165) is 11.3 Å². The molecule has 20 heavy (non-hydrogen) atoms. The zero-order valence-electron chi connectivity index (χ0n) is 13.0. The van der Waals surface area contributed by atoms with Crippen molar-refractivity contribution in [3.8, 4) is 5.75 Å². The molecule has 0 atom stereocenters. The maximum absolute atomic E-state index is 11.6. The molecule has 1 aromatic rings. The number of carbonyl (C=O) groups is 1. The fraction of sp³-hybridized carbons (Fsp3) is 0.562. The van der Waals surface area contributed by atoms with Gasteiger partial charge >= 0.3 is 6.09 Å². The van der Waals surface area contributed by atoms with Gasteiger partial charge in [-0.25, -0.2) is 4.79 Å². The van der Waals surface area contributed by atoms with Gasteiger partial charge in [-0.2, -0.15) is 0 Å². The fourth-order valence-electron chi connectivity index (χ4n) is 1.50. The highest BCUT2D eigenvalue weighted by Crippen LogP contribution is 2.14. The van der Waals surface area contributed by atoms with E-state index >= 15 is 0 Å². The molecule has 0 aliphatic carbocycles. The Labute approximate surface area is 121 Å². The number of amides is 1. The molecule has 0 aliphatic rings. The van der Waals surface area contributed by atoms with Gasteiger partial charge in [-0.1, -0.05) is 26.0 Å². The third-order valence-corrected chi connectivity index (χ3v) is 2.32. The predicted molar refractivity (Wildman–Crippen MR) is 79.8 cm³/mol. The van der Waals surface area contributed by atoms with Crippen LogP contribution < -0.4 is 10.1 Å². The Morgan fingerprint density at radius 3 is 2.60 bits per heavy atom. The molecule has 1 N–H and O–H groups in total. The highest BCUT2D eigenvalue weighted by molar-refractivity contribution is 5.67. The molecule has 0 saturated heterocycles. The lowest BCUT2D eigenvalue weighted by atomic mass is 10.2. The Kier molecular flexibility index (Phi) is 5.86. The Morgan fingerprint density at radius 1 is 1.30 bits per heavy atom. The molecule has 1 rings (SSSR count). The number of ether oxygens (including phenoxy) is 2. The van der Waals surface area contributed by atoms with Crippen LogP contribution in [0.2, 0.25) is 0 Å².